The molecule has 0 aliphatic heterocycles. The molecule has 5 heteroatoms. The average molecular weight is 1100 g/mol. The van der Waals surface area contributed by atoms with E-state index in [2.05, 4.69) is 241 Å². The standard InChI is InChI=1S/C78H55N3Si2/c1-7-27-59(28-8-1)82(60-29-9-2-10-30-60,61-31-11-3-12-32-61)65-51-58(52-66(55-65)83(62-33-13-4-14-34-62,63-35-15-5-16-36-63)64-37-17-6-18-38-64)81-77-49-47-56(79-73-43-23-19-39-67(73)68-40-20-24-44-74(68)79)53-71(77)72-54-57(48-50-78(72)81)80-75-45-25-21-41-69(75)70-42-22-26-46-76(70)80/h1-55H/i19D,21D,23D,25D,39D,41D,43D,45D. The van der Waals surface area contributed by atoms with Gasteiger partial charge in [0.25, 0.3) is 0 Å². The van der Waals surface area contributed by atoms with E-state index >= 15 is 0 Å². The molecule has 0 saturated carbocycles. The molecule has 16 aromatic rings. The first-order chi connectivity index (χ1) is 44.5. The lowest BCUT2D eigenvalue weighted by Gasteiger charge is -2.38. The van der Waals surface area contributed by atoms with E-state index in [1.165, 1.54) is 41.5 Å². The van der Waals surface area contributed by atoms with Crippen molar-refractivity contribution in [3.8, 4) is 17.1 Å². The third-order valence-corrected chi connectivity index (χ3v) is 26.6. The maximum absolute atomic E-state index is 9.51. The van der Waals surface area contributed by atoms with Gasteiger partial charge in [-0.05, 0) is 114 Å². The van der Waals surface area contributed by atoms with Crippen LogP contribution in [0.4, 0.5) is 0 Å². The molecule has 13 aromatic carbocycles. The summed E-state index contributed by atoms with van der Waals surface area (Å²) in [4.78, 5) is 0. The van der Waals surface area contributed by atoms with Gasteiger partial charge in [-0.2, -0.15) is 0 Å². The minimum absolute atomic E-state index is 0.102. The van der Waals surface area contributed by atoms with E-state index in [1.807, 2.05) is 57.7 Å². The fraction of sp³-hybridized carbons (Fsp3) is 0. The Morgan fingerprint density at radius 2 is 0.494 bits per heavy atom. The van der Waals surface area contributed by atoms with Gasteiger partial charge in [0.05, 0.1) is 44.1 Å². The van der Waals surface area contributed by atoms with Crippen LogP contribution >= 0.6 is 0 Å². The Morgan fingerprint density at radius 1 is 0.205 bits per heavy atom. The number of nitrogens with zero attached hydrogens (tertiary/aromatic N) is 3. The highest BCUT2D eigenvalue weighted by molar-refractivity contribution is 7.22. The summed E-state index contributed by atoms with van der Waals surface area (Å²) >= 11 is 0. The predicted octanol–water partition coefficient (Wildman–Crippen LogP) is 13.7. The molecule has 0 bridgehead atoms. The molecule has 0 amide bonds. The Bertz CT molecular complexity index is 5030. The second kappa shape index (κ2) is 19.7. The molecule has 0 radical (unpaired) electrons. The van der Waals surface area contributed by atoms with E-state index in [-0.39, 0.29) is 48.3 Å². The van der Waals surface area contributed by atoms with Gasteiger partial charge in [-0.3, -0.25) is 0 Å². The van der Waals surface area contributed by atoms with E-state index < -0.39 is 16.1 Å². The number of fused-ring (bicyclic) bond motifs is 9. The Balaban J connectivity index is 1.09. The van der Waals surface area contributed by atoms with Crippen LogP contribution in [0.5, 0.6) is 0 Å². The molecular weight excluding hydrogens is 1040 g/mol. The minimum Gasteiger partial charge on any atom is -0.309 e. The Hall–Kier alpha value is -10.3. The smallest absolute Gasteiger partial charge is 0.179 e. The lowest BCUT2D eigenvalue weighted by molar-refractivity contribution is 1.16. The van der Waals surface area contributed by atoms with Crippen LogP contribution in [0.2, 0.25) is 0 Å². The summed E-state index contributed by atoms with van der Waals surface area (Å²) in [5.41, 5.74) is 6.30. The zero-order valence-corrected chi connectivity index (χ0v) is 47.0. The van der Waals surface area contributed by atoms with Gasteiger partial charge in [0, 0.05) is 49.4 Å². The highest BCUT2D eigenvalue weighted by Crippen LogP contribution is 2.40. The molecule has 3 aromatic heterocycles. The van der Waals surface area contributed by atoms with Crippen molar-refractivity contribution in [3.63, 3.8) is 0 Å². The van der Waals surface area contributed by atoms with Crippen LogP contribution < -0.4 is 41.5 Å². The molecule has 0 aliphatic rings. The van der Waals surface area contributed by atoms with Crippen LogP contribution in [0.1, 0.15) is 11.0 Å². The van der Waals surface area contributed by atoms with E-state index in [1.54, 1.807) is 0 Å². The zero-order chi connectivity index (χ0) is 61.9. The van der Waals surface area contributed by atoms with Crippen molar-refractivity contribution >= 4 is 123 Å². The van der Waals surface area contributed by atoms with Gasteiger partial charge in [-0.1, -0.05) is 261 Å². The van der Waals surface area contributed by atoms with Crippen molar-refractivity contribution in [1.29, 1.82) is 0 Å². The lowest BCUT2D eigenvalue weighted by Crippen LogP contribution is -2.78. The monoisotopic (exact) mass is 1100 g/mol. The molecule has 16 rings (SSSR count). The van der Waals surface area contributed by atoms with Gasteiger partial charge in [-0.15, -0.1) is 0 Å². The summed E-state index contributed by atoms with van der Waals surface area (Å²) in [6.07, 6.45) is 0. The number of hydrogen-bond acceptors (Lipinski definition) is 0. The largest absolute Gasteiger partial charge is 0.309 e. The van der Waals surface area contributed by atoms with E-state index in [9.17, 15) is 5.48 Å². The Labute approximate surface area is 495 Å². The fourth-order valence-corrected chi connectivity index (χ4v) is 23.5. The second-order valence-corrected chi connectivity index (χ2v) is 29.0. The molecule has 83 heavy (non-hydrogen) atoms. The van der Waals surface area contributed by atoms with Crippen LogP contribution in [-0.4, -0.2) is 29.8 Å². The van der Waals surface area contributed by atoms with Crippen molar-refractivity contribution < 1.29 is 11.0 Å². The highest BCUT2D eigenvalue weighted by atomic mass is 28.3. The third-order valence-electron chi connectivity index (χ3n) is 17.1. The molecule has 0 N–H and O–H groups in total. The van der Waals surface area contributed by atoms with Crippen LogP contribution in [0.15, 0.2) is 333 Å². The molecule has 0 unspecified atom stereocenters. The molecule has 0 aliphatic carbocycles. The van der Waals surface area contributed by atoms with E-state index in [4.69, 9.17) is 5.48 Å². The summed E-state index contributed by atoms with van der Waals surface area (Å²) < 4.78 is 79.5. The van der Waals surface area contributed by atoms with Gasteiger partial charge >= 0.3 is 0 Å². The Kier molecular flexibility index (Phi) is 9.71. The van der Waals surface area contributed by atoms with Crippen molar-refractivity contribution in [3.05, 3.63) is 333 Å². The fourth-order valence-electron chi connectivity index (χ4n) is 13.7. The second-order valence-electron chi connectivity index (χ2n) is 21.4. The van der Waals surface area contributed by atoms with Crippen molar-refractivity contribution in [2.24, 2.45) is 0 Å². The summed E-state index contributed by atoms with van der Waals surface area (Å²) in [6, 6.07) is 100. The number of para-hydroxylation sites is 4. The third kappa shape index (κ3) is 7.49. The number of rotatable bonds is 11. The van der Waals surface area contributed by atoms with Gasteiger partial charge in [-0.25, -0.2) is 0 Å². The molecule has 0 saturated heterocycles. The zero-order valence-electron chi connectivity index (χ0n) is 53.0. The first-order valence-corrected chi connectivity index (χ1v) is 32.1. The van der Waals surface area contributed by atoms with Gasteiger partial charge < -0.3 is 13.7 Å². The van der Waals surface area contributed by atoms with Gasteiger partial charge in [0.1, 0.15) is 0 Å². The summed E-state index contributed by atoms with van der Waals surface area (Å²) in [7, 11) is -6.69. The topological polar surface area (TPSA) is 14.8 Å². The normalized spacial score (nSPS) is 13.4. The van der Waals surface area contributed by atoms with Gasteiger partial charge in [0.15, 0.2) is 16.1 Å². The molecule has 3 heterocycles. The predicted molar refractivity (Wildman–Crippen MR) is 357 cm³/mol. The minimum atomic E-state index is -3.35. The molecule has 0 fully saturated rings. The average Bonchev–Trinajstić information content (AvgIpc) is 1.71. The maximum Gasteiger partial charge on any atom is 0.179 e. The van der Waals surface area contributed by atoms with E-state index in [0.717, 1.165) is 38.5 Å². The molecule has 390 valence electrons. The quantitative estimate of drug-likeness (QED) is 0.0906. The number of hydrogen-bond donors (Lipinski definition) is 0. The van der Waals surface area contributed by atoms with Crippen LogP contribution in [0, 0.1) is 0 Å². The molecule has 0 atom stereocenters. The lowest BCUT2D eigenvalue weighted by atomic mass is 10.1. The Morgan fingerprint density at radius 3 is 0.843 bits per heavy atom. The van der Waals surface area contributed by atoms with Crippen molar-refractivity contribution in [2.45, 2.75) is 0 Å². The number of benzene rings is 13. The van der Waals surface area contributed by atoms with Crippen molar-refractivity contribution in [2.75, 3.05) is 0 Å². The van der Waals surface area contributed by atoms with E-state index in [0.29, 0.717) is 44.0 Å². The SMILES string of the molecule is [2H]c1c([2H])c([2H])c2c(c1[2H])c1ccccc1n2-c1ccc2c(c1)c1cc(-n3c4ccccc4c4c([2H])c([2H])c([2H])c([2H])c43)ccc1n2-c1cc([Si](c2ccccc2)(c2ccccc2)c2ccccc2)cc([Si](c2ccccc2)(c2ccccc2)c2ccccc2)c1. The molecular formula is C78H55N3Si2. The van der Waals surface area contributed by atoms with Crippen molar-refractivity contribution in [1.82, 2.24) is 13.7 Å². The van der Waals surface area contributed by atoms with Crippen LogP contribution in [0.25, 0.3) is 82.5 Å². The summed E-state index contributed by atoms with van der Waals surface area (Å²) in [6.45, 7) is 0. The number of aromatic nitrogens is 3. The highest BCUT2D eigenvalue weighted by Gasteiger charge is 2.46. The van der Waals surface area contributed by atoms with Gasteiger partial charge in [0.2, 0.25) is 0 Å². The first-order valence-electron chi connectivity index (χ1n) is 32.1. The maximum atomic E-state index is 9.51. The van der Waals surface area contributed by atoms with Crippen LogP contribution in [0.3, 0.4) is 0 Å². The summed E-state index contributed by atoms with van der Waals surface area (Å²) in [5.74, 6) is 0. The molecule has 3 nitrogen and oxygen atoms in total. The van der Waals surface area contributed by atoms with Crippen LogP contribution in [-0.2, 0) is 0 Å². The first kappa shape index (κ1) is 40.8. The summed E-state index contributed by atoms with van der Waals surface area (Å²) in [5, 5.41) is 13.7. The molecule has 0 spiro atoms.